The lowest BCUT2D eigenvalue weighted by molar-refractivity contribution is 0.357. The Bertz CT molecular complexity index is 1180. The van der Waals surface area contributed by atoms with Gasteiger partial charge in [0.25, 0.3) is 0 Å². The molecule has 0 fully saturated rings. The first-order chi connectivity index (χ1) is 14.7. The van der Waals surface area contributed by atoms with Crippen LogP contribution < -0.4 is 10.1 Å². The zero-order valence-corrected chi connectivity index (χ0v) is 17.2. The lowest BCUT2D eigenvalue weighted by Crippen LogP contribution is -2.10. The average Bonchev–Trinajstić information content (AvgIpc) is 3.42. The second kappa shape index (κ2) is 7.76. The third-order valence-electron chi connectivity index (χ3n) is 5.37. The van der Waals surface area contributed by atoms with Gasteiger partial charge in [0.05, 0.1) is 6.61 Å². The second-order valence-corrected chi connectivity index (χ2v) is 7.80. The number of fused-ring (bicyclic) bond motifs is 2. The van der Waals surface area contributed by atoms with Gasteiger partial charge in [0, 0.05) is 36.8 Å². The Labute approximate surface area is 175 Å². The molecule has 4 aromatic rings. The van der Waals surface area contributed by atoms with E-state index in [0.29, 0.717) is 6.54 Å². The van der Waals surface area contributed by atoms with Crippen molar-refractivity contribution >= 4 is 11.6 Å². The third-order valence-corrected chi connectivity index (χ3v) is 5.37. The van der Waals surface area contributed by atoms with Gasteiger partial charge in [-0.05, 0) is 36.9 Å². The van der Waals surface area contributed by atoms with Crippen LogP contribution in [-0.4, -0.2) is 45.2 Å². The topological polar surface area (TPSA) is 67.6 Å². The first-order valence-electron chi connectivity index (χ1n) is 10.1. The molecule has 0 unspecified atom stereocenters. The van der Waals surface area contributed by atoms with Crippen molar-refractivity contribution in [3.63, 3.8) is 0 Å². The van der Waals surface area contributed by atoms with Crippen LogP contribution in [0.15, 0.2) is 55.0 Å². The molecule has 2 aromatic carbocycles. The molecule has 0 radical (unpaired) electrons. The minimum atomic E-state index is 0.672. The van der Waals surface area contributed by atoms with E-state index < -0.39 is 0 Å². The number of aromatic nitrogens is 4. The Balaban J connectivity index is 1.41. The molecule has 1 N–H and O–H groups in total. The molecular formula is C23H24N6O. The van der Waals surface area contributed by atoms with Crippen molar-refractivity contribution in [3.8, 4) is 16.9 Å². The summed E-state index contributed by atoms with van der Waals surface area (Å²) in [5, 5.41) is 11.9. The van der Waals surface area contributed by atoms with Crippen LogP contribution in [0.25, 0.3) is 16.8 Å². The maximum atomic E-state index is 5.67. The van der Waals surface area contributed by atoms with E-state index in [1.165, 1.54) is 16.7 Å². The van der Waals surface area contributed by atoms with Crippen molar-refractivity contribution in [2.24, 2.45) is 0 Å². The van der Waals surface area contributed by atoms with Gasteiger partial charge in [0.15, 0.2) is 5.65 Å². The fourth-order valence-corrected chi connectivity index (χ4v) is 3.94. The fraction of sp³-hybridized carbons (Fsp3) is 0.261. The van der Waals surface area contributed by atoms with Crippen LogP contribution in [0.2, 0.25) is 0 Å². The molecule has 3 heterocycles. The van der Waals surface area contributed by atoms with Crippen LogP contribution in [0.3, 0.4) is 0 Å². The molecule has 0 amide bonds. The average molecular weight is 400 g/mol. The highest BCUT2D eigenvalue weighted by Gasteiger charge is 2.16. The normalized spacial score (nSPS) is 12.9. The van der Waals surface area contributed by atoms with Crippen LogP contribution in [0.1, 0.15) is 16.7 Å². The van der Waals surface area contributed by atoms with E-state index in [1.807, 2.05) is 22.7 Å². The molecule has 0 saturated heterocycles. The zero-order valence-electron chi connectivity index (χ0n) is 17.2. The number of ether oxygens (including phenoxy) is 1. The van der Waals surface area contributed by atoms with Crippen LogP contribution in [0, 0.1) is 0 Å². The Morgan fingerprint density at radius 3 is 2.83 bits per heavy atom. The first kappa shape index (κ1) is 18.6. The van der Waals surface area contributed by atoms with Crippen molar-refractivity contribution in [3.05, 3.63) is 71.7 Å². The zero-order chi connectivity index (χ0) is 20.5. The van der Waals surface area contributed by atoms with E-state index in [0.717, 1.165) is 48.0 Å². The standard InChI is InChI=1S/C23H24N6O/c1-28(2)14-16-6-8-17(9-7-16)20-13-25-23(29-15-26-27-22(20)29)24-12-18-4-3-5-21-19(18)10-11-30-21/h3-9,13,15H,10-12,14H2,1-2H3,(H,24,25). The Morgan fingerprint density at radius 1 is 1.13 bits per heavy atom. The molecule has 0 spiro atoms. The van der Waals surface area contributed by atoms with Crippen molar-refractivity contribution < 1.29 is 4.74 Å². The highest BCUT2D eigenvalue weighted by Crippen LogP contribution is 2.29. The lowest BCUT2D eigenvalue weighted by atomic mass is 10.1. The van der Waals surface area contributed by atoms with E-state index >= 15 is 0 Å². The number of benzene rings is 2. The van der Waals surface area contributed by atoms with Crippen LogP contribution in [-0.2, 0) is 19.5 Å². The largest absolute Gasteiger partial charge is 0.493 e. The van der Waals surface area contributed by atoms with Crippen molar-refractivity contribution in [1.82, 2.24) is 24.5 Å². The summed E-state index contributed by atoms with van der Waals surface area (Å²) in [6.07, 6.45) is 4.52. The highest BCUT2D eigenvalue weighted by atomic mass is 16.5. The van der Waals surface area contributed by atoms with Crippen LogP contribution in [0.5, 0.6) is 5.75 Å². The van der Waals surface area contributed by atoms with Crippen molar-refractivity contribution in [2.45, 2.75) is 19.5 Å². The Hall–Kier alpha value is -3.45. The number of nitrogens with zero attached hydrogens (tertiary/aromatic N) is 5. The van der Waals surface area contributed by atoms with Gasteiger partial charge in [0.2, 0.25) is 5.95 Å². The van der Waals surface area contributed by atoms with Crippen molar-refractivity contribution in [1.29, 1.82) is 0 Å². The number of nitrogens with one attached hydrogen (secondary N) is 1. The first-order valence-corrected chi connectivity index (χ1v) is 10.1. The number of rotatable bonds is 6. The van der Waals surface area contributed by atoms with Gasteiger partial charge in [-0.25, -0.2) is 4.98 Å². The highest BCUT2D eigenvalue weighted by molar-refractivity contribution is 5.77. The van der Waals surface area contributed by atoms with Crippen molar-refractivity contribution in [2.75, 3.05) is 26.0 Å². The molecule has 7 heteroatoms. The van der Waals surface area contributed by atoms with Gasteiger partial charge in [0.1, 0.15) is 12.1 Å². The maximum Gasteiger partial charge on any atom is 0.210 e. The molecule has 1 aliphatic heterocycles. The van der Waals surface area contributed by atoms with E-state index in [-0.39, 0.29) is 0 Å². The molecule has 0 atom stereocenters. The molecular weight excluding hydrogens is 376 g/mol. The monoisotopic (exact) mass is 400 g/mol. The summed E-state index contributed by atoms with van der Waals surface area (Å²) in [6.45, 7) is 2.34. The van der Waals surface area contributed by atoms with E-state index in [1.54, 1.807) is 6.33 Å². The number of hydrogen-bond donors (Lipinski definition) is 1. The van der Waals surface area contributed by atoms with Gasteiger partial charge >= 0.3 is 0 Å². The fourth-order valence-electron chi connectivity index (χ4n) is 3.94. The molecule has 152 valence electrons. The quantitative estimate of drug-likeness (QED) is 0.535. The maximum absolute atomic E-state index is 5.67. The van der Waals surface area contributed by atoms with Gasteiger partial charge in [-0.2, -0.15) is 0 Å². The Kier molecular flexibility index (Phi) is 4.80. The summed E-state index contributed by atoms with van der Waals surface area (Å²) < 4.78 is 7.58. The van der Waals surface area contributed by atoms with Crippen LogP contribution in [0.4, 0.5) is 5.95 Å². The Morgan fingerprint density at radius 2 is 2.00 bits per heavy atom. The third kappa shape index (κ3) is 3.48. The molecule has 0 aliphatic carbocycles. The van der Waals surface area contributed by atoms with Gasteiger partial charge < -0.3 is 15.0 Å². The molecule has 5 rings (SSSR count). The minimum Gasteiger partial charge on any atom is -0.493 e. The predicted octanol–water partition coefficient (Wildman–Crippen LogP) is 3.40. The lowest BCUT2D eigenvalue weighted by Gasteiger charge is -2.12. The van der Waals surface area contributed by atoms with Gasteiger partial charge in [-0.1, -0.05) is 36.4 Å². The smallest absolute Gasteiger partial charge is 0.210 e. The molecule has 2 aromatic heterocycles. The molecule has 30 heavy (non-hydrogen) atoms. The van der Waals surface area contributed by atoms with E-state index in [4.69, 9.17) is 4.74 Å². The summed E-state index contributed by atoms with van der Waals surface area (Å²) >= 11 is 0. The van der Waals surface area contributed by atoms with Crippen LogP contribution >= 0.6 is 0 Å². The van der Waals surface area contributed by atoms with Gasteiger partial charge in [-0.15, -0.1) is 10.2 Å². The van der Waals surface area contributed by atoms with Gasteiger partial charge in [-0.3, -0.25) is 4.40 Å². The van der Waals surface area contributed by atoms with E-state index in [2.05, 4.69) is 69.8 Å². The second-order valence-electron chi connectivity index (χ2n) is 7.80. The SMILES string of the molecule is CN(C)Cc1ccc(-c2cnc(NCc3cccc4c3CCO4)n3cnnc23)cc1. The molecule has 1 aliphatic rings. The summed E-state index contributed by atoms with van der Waals surface area (Å²) in [7, 11) is 4.14. The summed E-state index contributed by atoms with van der Waals surface area (Å²) in [5.74, 6) is 1.71. The summed E-state index contributed by atoms with van der Waals surface area (Å²) in [6, 6.07) is 14.7. The number of anilines is 1. The molecule has 0 saturated carbocycles. The minimum absolute atomic E-state index is 0.672. The number of hydrogen-bond acceptors (Lipinski definition) is 6. The summed E-state index contributed by atoms with van der Waals surface area (Å²) in [4.78, 5) is 6.82. The molecule has 0 bridgehead atoms. The predicted molar refractivity (Wildman–Crippen MR) is 117 cm³/mol. The summed E-state index contributed by atoms with van der Waals surface area (Å²) in [5.41, 5.74) is 6.60. The molecule has 7 nitrogen and oxygen atoms in total. The van der Waals surface area contributed by atoms with E-state index in [9.17, 15) is 0 Å².